The minimum atomic E-state index is -0.0568. The highest BCUT2D eigenvalue weighted by molar-refractivity contribution is 9.10. The van der Waals surface area contributed by atoms with Crippen LogP contribution in [0.2, 0.25) is 0 Å². The van der Waals surface area contributed by atoms with E-state index < -0.39 is 0 Å². The molecule has 1 amide bonds. The van der Waals surface area contributed by atoms with Crippen molar-refractivity contribution in [3.63, 3.8) is 0 Å². The Balaban J connectivity index is 2.34. The Labute approximate surface area is 120 Å². The van der Waals surface area contributed by atoms with Crippen molar-refractivity contribution in [2.45, 2.75) is 13.8 Å². The summed E-state index contributed by atoms with van der Waals surface area (Å²) in [7, 11) is 1.75. The van der Waals surface area contributed by atoms with Crippen LogP contribution < -0.4 is 4.90 Å². The lowest BCUT2D eigenvalue weighted by molar-refractivity contribution is -0.121. The molecule has 2 aromatic heterocycles. The smallest absolute Gasteiger partial charge is 0.229 e. The Morgan fingerprint density at radius 3 is 2.79 bits per heavy atom. The number of nitrogens with zero attached hydrogens (tertiary/aromatic N) is 4. The number of hydrogen-bond donors (Lipinski definition) is 0. The molecule has 0 fully saturated rings. The molecule has 2 aromatic rings. The van der Waals surface area contributed by atoms with Gasteiger partial charge in [0.05, 0.1) is 23.8 Å². The summed E-state index contributed by atoms with van der Waals surface area (Å²) in [5, 5.41) is 4.34. The fourth-order valence-corrected chi connectivity index (χ4v) is 2.24. The molecule has 0 spiro atoms. The van der Waals surface area contributed by atoms with E-state index in [4.69, 9.17) is 0 Å². The van der Waals surface area contributed by atoms with Gasteiger partial charge in [0.25, 0.3) is 0 Å². The standard InChI is InChI=1S/C13H15BrN4O/c1-9(2)13(19)17(3)11-8-18(16-12(11)14)10-5-4-6-15-7-10/h4-9H,1-3H3. The van der Waals surface area contributed by atoms with Crippen LogP contribution in [0.25, 0.3) is 5.69 Å². The van der Waals surface area contributed by atoms with E-state index in [0.29, 0.717) is 4.60 Å². The SMILES string of the molecule is CC(C)C(=O)N(C)c1cn(-c2cccnc2)nc1Br. The van der Waals surface area contributed by atoms with Crippen molar-refractivity contribution >= 4 is 27.5 Å². The monoisotopic (exact) mass is 322 g/mol. The maximum atomic E-state index is 12.0. The molecule has 0 radical (unpaired) electrons. The van der Waals surface area contributed by atoms with Crippen LogP contribution in [-0.4, -0.2) is 27.7 Å². The van der Waals surface area contributed by atoms with Crippen molar-refractivity contribution in [1.82, 2.24) is 14.8 Å². The molecule has 0 bridgehead atoms. The van der Waals surface area contributed by atoms with Gasteiger partial charge in [-0.1, -0.05) is 13.8 Å². The predicted octanol–water partition coefficient (Wildman–Crippen LogP) is 2.65. The fourth-order valence-electron chi connectivity index (χ4n) is 1.70. The van der Waals surface area contributed by atoms with Crippen LogP contribution in [0, 0.1) is 5.92 Å². The number of rotatable bonds is 3. The van der Waals surface area contributed by atoms with Crippen molar-refractivity contribution in [3.8, 4) is 5.69 Å². The van der Waals surface area contributed by atoms with E-state index >= 15 is 0 Å². The summed E-state index contributed by atoms with van der Waals surface area (Å²) in [4.78, 5) is 17.7. The number of hydrogen-bond acceptors (Lipinski definition) is 3. The molecular weight excluding hydrogens is 308 g/mol. The van der Waals surface area contributed by atoms with Crippen LogP contribution in [0.4, 0.5) is 5.69 Å². The number of halogens is 1. The van der Waals surface area contributed by atoms with E-state index in [-0.39, 0.29) is 11.8 Å². The predicted molar refractivity (Wildman–Crippen MR) is 77.3 cm³/mol. The zero-order chi connectivity index (χ0) is 14.0. The number of aromatic nitrogens is 3. The van der Waals surface area contributed by atoms with Gasteiger partial charge in [-0.3, -0.25) is 9.78 Å². The van der Waals surface area contributed by atoms with E-state index in [1.807, 2.05) is 26.0 Å². The lowest BCUT2D eigenvalue weighted by Crippen LogP contribution is -2.30. The number of pyridine rings is 1. The quantitative estimate of drug-likeness (QED) is 0.872. The van der Waals surface area contributed by atoms with Crippen molar-refractivity contribution in [2.24, 2.45) is 5.92 Å². The first-order valence-electron chi connectivity index (χ1n) is 5.94. The first-order chi connectivity index (χ1) is 9.00. The Morgan fingerprint density at radius 1 is 1.47 bits per heavy atom. The number of carbonyl (C=O) groups is 1. The Hall–Kier alpha value is -1.69. The lowest BCUT2D eigenvalue weighted by atomic mass is 10.2. The molecule has 0 unspecified atom stereocenters. The molecule has 0 saturated heterocycles. The number of amides is 1. The summed E-state index contributed by atoms with van der Waals surface area (Å²) < 4.78 is 2.32. The van der Waals surface area contributed by atoms with Gasteiger partial charge in [-0.2, -0.15) is 5.10 Å². The van der Waals surface area contributed by atoms with Gasteiger partial charge in [0.2, 0.25) is 5.91 Å². The van der Waals surface area contributed by atoms with Crippen molar-refractivity contribution in [3.05, 3.63) is 35.3 Å². The molecule has 0 atom stereocenters. The summed E-state index contributed by atoms with van der Waals surface area (Å²) >= 11 is 3.39. The van der Waals surface area contributed by atoms with Gasteiger partial charge in [-0.05, 0) is 28.1 Å². The van der Waals surface area contributed by atoms with E-state index in [9.17, 15) is 4.79 Å². The average Bonchev–Trinajstić information content (AvgIpc) is 2.80. The first-order valence-corrected chi connectivity index (χ1v) is 6.73. The molecule has 0 aliphatic heterocycles. The van der Waals surface area contributed by atoms with Gasteiger partial charge >= 0.3 is 0 Å². The highest BCUT2D eigenvalue weighted by atomic mass is 79.9. The first kappa shape index (κ1) is 13.7. The molecule has 2 heterocycles. The Morgan fingerprint density at radius 2 is 2.21 bits per heavy atom. The van der Waals surface area contributed by atoms with Gasteiger partial charge in [0.1, 0.15) is 0 Å². The summed E-state index contributed by atoms with van der Waals surface area (Å²) in [6.07, 6.45) is 5.23. The maximum Gasteiger partial charge on any atom is 0.229 e. The van der Waals surface area contributed by atoms with E-state index in [2.05, 4.69) is 26.0 Å². The molecule has 19 heavy (non-hydrogen) atoms. The third-order valence-corrected chi connectivity index (χ3v) is 3.31. The van der Waals surface area contributed by atoms with Gasteiger partial charge in [0.15, 0.2) is 4.60 Å². The van der Waals surface area contributed by atoms with Crippen LogP contribution in [0.1, 0.15) is 13.8 Å². The molecular formula is C13H15BrN4O. The minimum absolute atomic E-state index is 0.0476. The molecule has 0 N–H and O–H groups in total. The van der Waals surface area contributed by atoms with E-state index in [0.717, 1.165) is 11.4 Å². The van der Waals surface area contributed by atoms with Crippen molar-refractivity contribution in [1.29, 1.82) is 0 Å². The van der Waals surface area contributed by atoms with Crippen LogP contribution in [0.15, 0.2) is 35.3 Å². The maximum absolute atomic E-state index is 12.0. The Kier molecular flexibility index (Phi) is 3.99. The zero-order valence-corrected chi connectivity index (χ0v) is 12.6. The topological polar surface area (TPSA) is 51.0 Å². The number of anilines is 1. The van der Waals surface area contributed by atoms with Crippen LogP contribution >= 0.6 is 15.9 Å². The molecule has 6 heteroatoms. The molecule has 0 aliphatic rings. The van der Waals surface area contributed by atoms with Gasteiger partial charge < -0.3 is 4.90 Å². The Bertz CT molecular complexity index is 580. The fraction of sp³-hybridized carbons (Fsp3) is 0.308. The minimum Gasteiger partial charge on any atom is -0.311 e. The van der Waals surface area contributed by atoms with Crippen molar-refractivity contribution < 1.29 is 4.79 Å². The highest BCUT2D eigenvalue weighted by Gasteiger charge is 2.19. The molecule has 0 aromatic carbocycles. The third kappa shape index (κ3) is 2.84. The van der Waals surface area contributed by atoms with Gasteiger partial charge in [0, 0.05) is 19.2 Å². The molecule has 100 valence electrons. The molecule has 0 saturated carbocycles. The summed E-state index contributed by atoms with van der Waals surface area (Å²) in [6, 6.07) is 3.74. The molecule has 0 aliphatic carbocycles. The number of carbonyl (C=O) groups excluding carboxylic acids is 1. The average molecular weight is 323 g/mol. The van der Waals surface area contributed by atoms with Gasteiger partial charge in [-0.25, -0.2) is 4.68 Å². The summed E-state index contributed by atoms with van der Waals surface area (Å²) in [6.45, 7) is 3.75. The highest BCUT2D eigenvalue weighted by Crippen LogP contribution is 2.26. The van der Waals surface area contributed by atoms with E-state index in [1.54, 1.807) is 35.2 Å². The second-order valence-corrected chi connectivity index (χ2v) is 5.26. The molecule has 2 rings (SSSR count). The van der Waals surface area contributed by atoms with Crippen LogP contribution in [0.3, 0.4) is 0 Å². The lowest BCUT2D eigenvalue weighted by Gasteiger charge is -2.17. The van der Waals surface area contributed by atoms with Crippen molar-refractivity contribution in [2.75, 3.05) is 11.9 Å². The summed E-state index contributed by atoms with van der Waals surface area (Å²) in [5.41, 5.74) is 1.59. The zero-order valence-electron chi connectivity index (χ0n) is 11.0. The van der Waals surface area contributed by atoms with Gasteiger partial charge in [-0.15, -0.1) is 0 Å². The second kappa shape index (κ2) is 5.52. The van der Waals surface area contributed by atoms with Crippen LogP contribution in [0.5, 0.6) is 0 Å². The summed E-state index contributed by atoms with van der Waals surface area (Å²) in [5.74, 6) is -0.00919. The largest absolute Gasteiger partial charge is 0.311 e. The third-order valence-electron chi connectivity index (χ3n) is 2.75. The molecule has 5 nitrogen and oxygen atoms in total. The normalized spacial score (nSPS) is 10.8. The second-order valence-electron chi connectivity index (χ2n) is 4.51. The van der Waals surface area contributed by atoms with E-state index in [1.165, 1.54) is 0 Å². The van der Waals surface area contributed by atoms with Crippen LogP contribution in [-0.2, 0) is 4.79 Å².